The Morgan fingerprint density at radius 3 is 1.91 bits per heavy atom. The first-order valence-electron chi connectivity index (χ1n) is 3.96. The van der Waals surface area contributed by atoms with E-state index < -0.39 is 0 Å². The van der Waals surface area contributed by atoms with Crippen LogP contribution in [0.1, 0.15) is 18.1 Å². The zero-order chi connectivity index (χ0) is 8.69. The summed E-state index contributed by atoms with van der Waals surface area (Å²) in [6.07, 6.45) is 1.14. The van der Waals surface area contributed by atoms with E-state index in [4.69, 9.17) is 0 Å². The summed E-state index contributed by atoms with van der Waals surface area (Å²) in [4.78, 5) is 0. The van der Waals surface area contributed by atoms with Crippen molar-refractivity contribution in [3.05, 3.63) is 35.4 Å². The molecule has 0 N–H and O–H groups in total. The van der Waals surface area contributed by atoms with E-state index in [0.29, 0.717) is 0 Å². The lowest BCUT2D eigenvalue weighted by atomic mass is 10.1. The topological polar surface area (TPSA) is 0 Å². The Morgan fingerprint density at radius 1 is 1.09 bits per heavy atom. The van der Waals surface area contributed by atoms with Crippen LogP contribution in [0, 0.1) is 6.92 Å². The van der Waals surface area contributed by atoms with Gasteiger partial charge < -0.3 is 0 Å². The fourth-order valence-electron chi connectivity index (χ4n) is 0.824. The number of hydrogen-bond donors (Lipinski definition) is 0. The SMILES string of the molecule is CCc1ccc(C)cc1.CP. The third kappa shape index (κ3) is 4.16. The molecule has 0 aliphatic carbocycles. The van der Waals surface area contributed by atoms with Crippen LogP contribution in [0.25, 0.3) is 0 Å². The van der Waals surface area contributed by atoms with Gasteiger partial charge in [0.2, 0.25) is 0 Å². The predicted molar refractivity (Wildman–Crippen MR) is 56.2 cm³/mol. The van der Waals surface area contributed by atoms with Crippen LogP contribution in [0.15, 0.2) is 24.3 Å². The van der Waals surface area contributed by atoms with Crippen molar-refractivity contribution in [3.63, 3.8) is 0 Å². The molecule has 0 saturated heterocycles. The summed E-state index contributed by atoms with van der Waals surface area (Å²) in [5.74, 6) is 0. The van der Waals surface area contributed by atoms with Crippen molar-refractivity contribution >= 4 is 9.24 Å². The van der Waals surface area contributed by atoms with Gasteiger partial charge in [-0.15, -0.1) is 9.24 Å². The minimum Gasteiger partial charge on any atom is -0.141 e. The molecule has 11 heavy (non-hydrogen) atoms. The number of benzene rings is 1. The van der Waals surface area contributed by atoms with Gasteiger partial charge in [0.1, 0.15) is 0 Å². The Labute approximate surface area is 72.2 Å². The van der Waals surface area contributed by atoms with Crippen molar-refractivity contribution in [2.45, 2.75) is 20.3 Å². The maximum absolute atomic E-state index is 2.42. The summed E-state index contributed by atoms with van der Waals surface area (Å²) in [5, 5.41) is 0. The fraction of sp³-hybridized carbons (Fsp3) is 0.400. The molecule has 1 aromatic carbocycles. The van der Waals surface area contributed by atoms with Crippen molar-refractivity contribution in [3.8, 4) is 0 Å². The van der Waals surface area contributed by atoms with Gasteiger partial charge in [-0.3, -0.25) is 0 Å². The van der Waals surface area contributed by atoms with Gasteiger partial charge in [-0.2, -0.15) is 0 Å². The first kappa shape index (κ1) is 10.7. The molecule has 0 aromatic heterocycles. The summed E-state index contributed by atoms with van der Waals surface area (Å²) in [7, 11) is 2.42. The van der Waals surface area contributed by atoms with Crippen LogP contribution in [0.3, 0.4) is 0 Å². The average Bonchev–Trinajstić information content (AvgIpc) is 2.10. The number of rotatable bonds is 1. The van der Waals surface area contributed by atoms with Gasteiger partial charge in [0, 0.05) is 0 Å². The molecule has 62 valence electrons. The monoisotopic (exact) mass is 168 g/mol. The Bertz CT molecular complexity index is 177. The summed E-state index contributed by atoms with van der Waals surface area (Å²) in [6, 6.07) is 8.66. The van der Waals surface area contributed by atoms with Gasteiger partial charge >= 0.3 is 0 Å². The van der Waals surface area contributed by atoms with Gasteiger partial charge in [-0.05, 0) is 18.9 Å². The van der Waals surface area contributed by atoms with E-state index in [1.165, 1.54) is 11.1 Å². The van der Waals surface area contributed by atoms with Crippen LogP contribution in [0.4, 0.5) is 0 Å². The third-order valence-electron chi connectivity index (χ3n) is 1.53. The molecule has 1 aromatic rings. The number of aryl methyl sites for hydroxylation is 2. The molecule has 0 amide bonds. The van der Waals surface area contributed by atoms with Crippen molar-refractivity contribution in [2.75, 3.05) is 6.66 Å². The summed E-state index contributed by atoms with van der Waals surface area (Å²) >= 11 is 0. The maximum atomic E-state index is 2.42. The van der Waals surface area contributed by atoms with Crippen LogP contribution < -0.4 is 0 Å². The summed E-state index contributed by atoms with van der Waals surface area (Å²) in [6.45, 7) is 6.20. The molecule has 1 heteroatoms. The molecule has 0 bridgehead atoms. The Balaban J connectivity index is 0.000000461. The van der Waals surface area contributed by atoms with Crippen molar-refractivity contribution in [2.24, 2.45) is 0 Å². The second kappa shape index (κ2) is 6.37. The molecular weight excluding hydrogens is 151 g/mol. The molecule has 0 spiro atoms. The second-order valence-electron chi connectivity index (χ2n) is 2.34. The van der Waals surface area contributed by atoms with E-state index in [0.717, 1.165) is 6.42 Å². The highest BCUT2D eigenvalue weighted by atomic mass is 31.0. The van der Waals surface area contributed by atoms with Gasteiger partial charge in [-0.25, -0.2) is 0 Å². The van der Waals surface area contributed by atoms with Crippen molar-refractivity contribution in [1.29, 1.82) is 0 Å². The Kier molecular flexibility index (Phi) is 6.16. The van der Waals surface area contributed by atoms with Crippen LogP contribution in [0.2, 0.25) is 0 Å². The molecule has 0 nitrogen and oxygen atoms in total. The molecule has 0 radical (unpaired) electrons. The maximum Gasteiger partial charge on any atom is -0.0307 e. The molecule has 1 atom stereocenters. The van der Waals surface area contributed by atoms with E-state index in [1.807, 2.05) is 6.66 Å². The lowest BCUT2D eigenvalue weighted by Crippen LogP contribution is -1.77. The summed E-state index contributed by atoms with van der Waals surface area (Å²) < 4.78 is 0. The van der Waals surface area contributed by atoms with E-state index in [1.54, 1.807) is 0 Å². The Morgan fingerprint density at radius 2 is 1.55 bits per heavy atom. The normalized spacial score (nSPS) is 8.36. The highest BCUT2D eigenvalue weighted by molar-refractivity contribution is 7.15. The molecule has 0 heterocycles. The van der Waals surface area contributed by atoms with E-state index in [2.05, 4.69) is 47.4 Å². The zero-order valence-electron chi connectivity index (χ0n) is 7.59. The quantitative estimate of drug-likeness (QED) is 0.565. The summed E-state index contributed by atoms with van der Waals surface area (Å²) in [5.41, 5.74) is 2.76. The highest BCUT2D eigenvalue weighted by Crippen LogP contribution is 2.02. The second-order valence-corrected chi connectivity index (χ2v) is 2.34. The van der Waals surface area contributed by atoms with E-state index in [9.17, 15) is 0 Å². The molecule has 0 fully saturated rings. The third-order valence-corrected chi connectivity index (χ3v) is 1.53. The molecule has 1 unspecified atom stereocenters. The van der Waals surface area contributed by atoms with Gasteiger partial charge in [-0.1, -0.05) is 43.4 Å². The largest absolute Gasteiger partial charge is 0.141 e. The number of hydrogen-bond acceptors (Lipinski definition) is 0. The van der Waals surface area contributed by atoms with Crippen molar-refractivity contribution < 1.29 is 0 Å². The average molecular weight is 168 g/mol. The molecule has 0 aliphatic rings. The molecule has 1 rings (SSSR count). The smallest absolute Gasteiger partial charge is 0.0307 e. The van der Waals surface area contributed by atoms with Crippen molar-refractivity contribution in [1.82, 2.24) is 0 Å². The van der Waals surface area contributed by atoms with Crippen LogP contribution >= 0.6 is 9.24 Å². The lowest BCUT2D eigenvalue weighted by Gasteiger charge is -1.94. The lowest BCUT2D eigenvalue weighted by molar-refractivity contribution is 1.14. The van der Waals surface area contributed by atoms with Gasteiger partial charge in [0.15, 0.2) is 0 Å². The van der Waals surface area contributed by atoms with Crippen LogP contribution in [-0.2, 0) is 6.42 Å². The Hall–Kier alpha value is -0.350. The van der Waals surface area contributed by atoms with E-state index >= 15 is 0 Å². The minimum atomic E-state index is 1.14. The predicted octanol–water partition coefficient (Wildman–Crippen LogP) is 3.05. The van der Waals surface area contributed by atoms with Gasteiger partial charge in [0.05, 0.1) is 0 Å². The molecular formula is C10H17P. The van der Waals surface area contributed by atoms with Gasteiger partial charge in [0.25, 0.3) is 0 Å². The first-order chi connectivity index (χ1) is 5.33. The fourth-order valence-corrected chi connectivity index (χ4v) is 0.824. The standard InChI is InChI=1S/C9H12.CH5P/c1-3-9-6-4-8(2)5-7-9;1-2/h4-7H,3H2,1-2H3;2H2,1H3. The van der Waals surface area contributed by atoms with Crippen LogP contribution in [0.5, 0.6) is 0 Å². The zero-order valence-corrected chi connectivity index (χ0v) is 8.75. The van der Waals surface area contributed by atoms with Crippen LogP contribution in [-0.4, -0.2) is 6.66 Å². The molecule has 0 saturated carbocycles. The highest BCUT2D eigenvalue weighted by Gasteiger charge is 1.84. The minimum absolute atomic E-state index is 1.14. The first-order valence-corrected chi connectivity index (χ1v) is 5.11. The molecule has 0 aliphatic heterocycles. The van der Waals surface area contributed by atoms with E-state index in [-0.39, 0.29) is 0 Å².